The van der Waals surface area contributed by atoms with E-state index < -0.39 is 0 Å². The van der Waals surface area contributed by atoms with Crippen molar-refractivity contribution in [2.45, 2.75) is 41.5 Å². The molecular weight excluding hydrogens is 336 g/mol. The maximum absolute atomic E-state index is 4.28. The molecular formula is C28H32. The molecule has 0 amide bonds. The molecule has 0 heteroatoms. The zero-order valence-corrected chi connectivity index (χ0v) is 18.2. The predicted octanol–water partition coefficient (Wildman–Crippen LogP) is 9.06. The molecule has 0 heterocycles. The Bertz CT molecular complexity index is 1090. The Hall–Kier alpha value is -2.86. The Morgan fingerprint density at radius 3 is 1.71 bits per heavy atom. The molecule has 0 nitrogen and oxygen atoms in total. The number of fused-ring (bicyclic) bond motifs is 2. The Labute approximate surface area is 170 Å². The first-order chi connectivity index (χ1) is 13.5. The number of allylic oxidation sites excluding steroid dienone is 6. The second-order valence-corrected chi connectivity index (χ2v) is 6.86. The molecule has 0 aliphatic heterocycles. The highest BCUT2D eigenvalue weighted by molar-refractivity contribution is 6.15. The largest absolute Gasteiger partial charge is 0.0955 e. The van der Waals surface area contributed by atoms with Crippen LogP contribution in [0.2, 0.25) is 0 Å². The van der Waals surface area contributed by atoms with Crippen LogP contribution in [0.5, 0.6) is 0 Å². The Morgan fingerprint density at radius 1 is 0.750 bits per heavy atom. The molecule has 0 aliphatic rings. The van der Waals surface area contributed by atoms with Crippen molar-refractivity contribution in [2.24, 2.45) is 0 Å². The topological polar surface area (TPSA) is 0 Å². The van der Waals surface area contributed by atoms with Crippen molar-refractivity contribution in [1.29, 1.82) is 0 Å². The first-order valence-corrected chi connectivity index (χ1v) is 10.1. The van der Waals surface area contributed by atoms with Gasteiger partial charge >= 0.3 is 0 Å². The summed E-state index contributed by atoms with van der Waals surface area (Å²) in [6, 6.07) is 15.3. The van der Waals surface area contributed by atoms with E-state index in [9.17, 15) is 0 Å². The van der Waals surface area contributed by atoms with Crippen molar-refractivity contribution in [3.05, 3.63) is 90.5 Å². The molecule has 0 bridgehead atoms. The van der Waals surface area contributed by atoms with Gasteiger partial charge in [0.1, 0.15) is 0 Å². The average Bonchev–Trinajstić information content (AvgIpc) is 2.70. The summed E-state index contributed by atoms with van der Waals surface area (Å²) in [5.41, 5.74) is 7.10. The third-order valence-corrected chi connectivity index (χ3v) is 4.87. The molecule has 3 aromatic rings. The lowest BCUT2D eigenvalue weighted by Crippen LogP contribution is -1.94. The van der Waals surface area contributed by atoms with E-state index in [0.717, 1.165) is 11.1 Å². The van der Waals surface area contributed by atoms with Gasteiger partial charge in [-0.05, 0) is 88.7 Å². The second-order valence-electron chi connectivity index (χ2n) is 6.86. The third-order valence-electron chi connectivity index (χ3n) is 4.87. The van der Waals surface area contributed by atoms with Gasteiger partial charge in [0, 0.05) is 0 Å². The zero-order valence-electron chi connectivity index (χ0n) is 18.2. The Morgan fingerprint density at radius 2 is 1.25 bits per heavy atom. The van der Waals surface area contributed by atoms with Gasteiger partial charge in [-0.25, -0.2) is 0 Å². The molecule has 0 spiro atoms. The molecule has 0 aliphatic carbocycles. The predicted molar refractivity (Wildman–Crippen MR) is 131 cm³/mol. The number of hydrogen-bond acceptors (Lipinski definition) is 0. The fourth-order valence-corrected chi connectivity index (χ4v) is 3.82. The molecule has 0 N–H and O–H groups in total. The second kappa shape index (κ2) is 9.37. The van der Waals surface area contributed by atoms with E-state index in [1.165, 1.54) is 43.8 Å². The van der Waals surface area contributed by atoms with E-state index in [-0.39, 0.29) is 0 Å². The standard InChI is InChI=1S/C26H26.C2H6/c1-7-11-19(8-2)20-14-15-23-24(16-20)26(18(5)6)22-13-10-9-12-21(22)25(23)17(3)4;1-2/h7-16H,3,5H2,1-2,4,6H3;1-2H3/b11-7-,19-8+;. The van der Waals surface area contributed by atoms with Crippen LogP contribution in [0, 0.1) is 0 Å². The molecule has 28 heavy (non-hydrogen) atoms. The van der Waals surface area contributed by atoms with Crippen LogP contribution in [-0.4, -0.2) is 0 Å². The normalized spacial score (nSPS) is 11.6. The summed E-state index contributed by atoms with van der Waals surface area (Å²) in [6.45, 7) is 20.9. The van der Waals surface area contributed by atoms with Crippen LogP contribution in [0.3, 0.4) is 0 Å². The van der Waals surface area contributed by atoms with Gasteiger partial charge in [0.25, 0.3) is 0 Å². The molecule has 0 saturated heterocycles. The Balaban J connectivity index is 0.00000136. The van der Waals surface area contributed by atoms with E-state index >= 15 is 0 Å². The lowest BCUT2D eigenvalue weighted by molar-refractivity contribution is 1.50. The molecule has 0 unspecified atom stereocenters. The van der Waals surface area contributed by atoms with Crippen molar-refractivity contribution in [2.75, 3.05) is 0 Å². The van der Waals surface area contributed by atoms with Gasteiger partial charge in [-0.1, -0.05) is 81.6 Å². The SMILES string of the molecule is C=C(C)c1c2ccccc2c(C(=C)C)c2cc(C(/C=C\C)=C/C)ccc12.CC. The van der Waals surface area contributed by atoms with Crippen molar-refractivity contribution in [3.8, 4) is 0 Å². The number of rotatable bonds is 4. The van der Waals surface area contributed by atoms with E-state index in [1.807, 2.05) is 13.8 Å². The van der Waals surface area contributed by atoms with Crippen molar-refractivity contribution in [3.63, 3.8) is 0 Å². The van der Waals surface area contributed by atoms with E-state index in [0.29, 0.717) is 0 Å². The monoisotopic (exact) mass is 368 g/mol. The summed E-state index contributed by atoms with van der Waals surface area (Å²) in [7, 11) is 0. The van der Waals surface area contributed by atoms with Crippen LogP contribution < -0.4 is 0 Å². The van der Waals surface area contributed by atoms with Gasteiger partial charge in [-0.2, -0.15) is 0 Å². The summed E-state index contributed by atoms with van der Waals surface area (Å²) in [5.74, 6) is 0. The highest BCUT2D eigenvalue weighted by Crippen LogP contribution is 2.39. The van der Waals surface area contributed by atoms with Gasteiger partial charge in [-0.15, -0.1) is 0 Å². The van der Waals surface area contributed by atoms with Gasteiger partial charge in [-0.3, -0.25) is 0 Å². The summed E-state index contributed by atoms with van der Waals surface area (Å²) in [4.78, 5) is 0. The lowest BCUT2D eigenvalue weighted by atomic mass is 9.85. The molecule has 0 fully saturated rings. The van der Waals surface area contributed by atoms with Gasteiger partial charge in [0.2, 0.25) is 0 Å². The quantitative estimate of drug-likeness (QED) is 0.318. The van der Waals surface area contributed by atoms with E-state index in [4.69, 9.17) is 0 Å². The highest BCUT2D eigenvalue weighted by atomic mass is 14.2. The minimum atomic E-state index is 1.09. The smallest absolute Gasteiger partial charge is 0.00753 e. The fourth-order valence-electron chi connectivity index (χ4n) is 3.82. The molecule has 0 aromatic heterocycles. The van der Waals surface area contributed by atoms with Crippen LogP contribution >= 0.6 is 0 Å². The minimum absolute atomic E-state index is 1.09. The van der Waals surface area contributed by atoms with E-state index in [2.05, 4.69) is 102 Å². The molecule has 144 valence electrons. The van der Waals surface area contributed by atoms with Crippen molar-refractivity contribution in [1.82, 2.24) is 0 Å². The summed E-state index contributed by atoms with van der Waals surface area (Å²) < 4.78 is 0. The van der Waals surface area contributed by atoms with Crippen molar-refractivity contribution < 1.29 is 0 Å². The van der Waals surface area contributed by atoms with Crippen LogP contribution in [0.4, 0.5) is 0 Å². The van der Waals surface area contributed by atoms with Crippen LogP contribution in [0.15, 0.2) is 73.9 Å². The first kappa shape index (κ1) is 21.4. The van der Waals surface area contributed by atoms with Crippen LogP contribution in [0.25, 0.3) is 38.3 Å². The summed E-state index contributed by atoms with van der Waals surface area (Å²) in [6.07, 6.45) is 6.39. The minimum Gasteiger partial charge on any atom is -0.0955 e. The van der Waals surface area contributed by atoms with E-state index in [1.54, 1.807) is 0 Å². The highest BCUT2D eigenvalue weighted by Gasteiger charge is 2.15. The van der Waals surface area contributed by atoms with Gasteiger partial charge < -0.3 is 0 Å². The maximum atomic E-state index is 4.28. The lowest BCUT2D eigenvalue weighted by Gasteiger charge is -2.18. The van der Waals surface area contributed by atoms with Crippen LogP contribution in [0.1, 0.15) is 58.2 Å². The summed E-state index contributed by atoms with van der Waals surface area (Å²) in [5, 5.41) is 4.98. The summed E-state index contributed by atoms with van der Waals surface area (Å²) >= 11 is 0. The maximum Gasteiger partial charge on any atom is -0.00753 e. The van der Waals surface area contributed by atoms with Crippen molar-refractivity contribution >= 4 is 38.3 Å². The van der Waals surface area contributed by atoms with Gasteiger partial charge in [0.15, 0.2) is 0 Å². The fraction of sp³-hybridized carbons (Fsp3) is 0.214. The first-order valence-electron chi connectivity index (χ1n) is 10.1. The van der Waals surface area contributed by atoms with Gasteiger partial charge in [0.05, 0.1) is 0 Å². The Kier molecular flexibility index (Phi) is 7.18. The molecule has 0 atom stereocenters. The molecule has 0 saturated carbocycles. The molecule has 3 aromatic carbocycles. The average molecular weight is 369 g/mol. The zero-order chi connectivity index (χ0) is 20.8. The number of hydrogen-bond donors (Lipinski definition) is 0. The number of benzene rings is 3. The molecule has 0 radical (unpaired) electrons. The van der Waals surface area contributed by atoms with Crippen LogP contribution in [-0.2, 0) is 0 Å². The third kappa shape index (κ3) is 3.87. The molecule has 3 rings (SSSR count).